The van der Waals surface area contributed by atoms with Crippen LogP contribution >= 0.6 is 15.9 Å². The minimum Gasteiger partial charge on any atom is -0.385 e. The van der Waals surface area contributed by atoms with Crippen molar-refractivity contribution in [2.75, 3.05) is 19.5 Å². The molecule has 0 saturated heterocycles. The first-order chi connectivity index (χ1) is 9.54. The van der Waals surface area contributed by atoms with Crippen molar-refractivity contribution in [1.29, 1.82) is 0 Å². The Hall–Kier alpha value is -1.14. The lowest BCUT2D eigenvalue weighted by molar-refractivity contribution is 0.167. The minimum atomic E-state index is -0.317. The maximum Gasteiger partial charge on any atom is 0.201 e. The van der Waals surface area contributed by atoms with E-state index in [4.69, 9.17) is 10.5 Å². The molecule has 6 heteroatoms. The highest BCUT2D eigenvalue weighted by atomic mass is 79.9. The van der Waals surface area contributed by atoms with Crippen molar-refractivity contribution < 1.29 is 9.13 Å². The van der Waals surface area contributed by atoms with Crippen LogP contribution in [-0.4, -0.2) is 23.3 Å². The van der Waals surface area contributed by atoms with Crippen molar-refractivity contribution in [1.82, 2.24) is 9.55 Å². The van der Waals surface area contributed by atoms with Gasteiger partial charge in [-0.15, -0.1) is 0 Å². The second kappa shape index (κ2) is 5.00. The number of rotatable bonds is 5. The molecule has 3 rings (SSSR count). The first-order valence-corrected chi connectivity index (χ1v) is 7.44. The third-order valence-corrected chi connectivity index (χ3v) is 4.71. The van der Waals surface area contributed by atoms with Gasteiger partial charge in [0.2, 0.25) is 5.95 Å². The number of halogens is 2. The topological polar surface area (TPSA) is 53.1 Å². The number of hydrogen-bond donors (Lipinski definition) is 1. The average molecular weight is 342 g/mol. The summed E-state index contributed by atoms with van der Waals surface area (Å²) >= 11 is 3.22. The maximum atomic E-state index is 13.6. The van der Waals surface area contributed by atoms with E-state index >= 15 is 0 Å². The number of aromatic nitrogens is 2. The molecule has 1 fully saturated rings. The lowest BCUT2D eigenvalue weighted by Gasteiger charge is -2.17. The van der Waals surface area contributed by atoms with E-state index in [9.17, 15) is 4.39 Å². The van der Waals surface area contributed by atoms with Crippen molar-refractivity contribution in [3.05, 3.63) is 22.4 Å². The van der Waals surface area contributed by atoms with Crippen LogP contribution in [0.3, 0.4) is 0 Å². The van der Waals surface area contributed by atoms with Gasteiger partial charge in [-0.05, 0) is 46.7 Å². The van der Waals surface area contributed by atoms with E-state index in [0.29, 0.717) is 15.9 Å². The molecule has 0 amide bonds. The summed E-state index contributed by atoms with van der Waals surface area (Å²) < 4.78 is 21.2. The lowest BCUT2D eigenvalue weighted by atomic mass is 10.0. The normalized spacial score (nSPS) is 16.8. The molecule has 1 aliphatic rings. The molecule has 0 aliphatic heterocycles. The van der Waals surface area contributed by atoms with Crippen molar-refractivity contribution in [3.8, 4) is 0 Å². The highest BCUT2D eigenvalue weighted by molar-refractivity contribution is 9.10. The zero-order valence-corrected chi connectivity index (χ0v) is 12.9. The number of nitrogen functional groups attached to an aromatic ring is 1. The fourth-order valence-corrected chi connectivity index (χ4v) is 2.95. The minimum absolute atomic E-state index is 0.263. The fraction of sp³-hybridized carbons (Fsp3) is 0.500. The zero-order chi connectivity index (χ0) is 14.3. The second-order valence-corrected chi connectivity index (χ2v) is 6.41. The van der Waals surface area contributed by atoms with E-state index in [1.165, 1.54) is 18.9 Å². The largest absolute Gasteiger partial charge is 0.385 e. The van der Waals surface area contributed by atoms with Gasteiger partial charge in [0, 0.05) is 26.3 Å². The Morgan fingerprint density at radius 3 is 2.90 bits per heavy atom. The number of nitrogens with two attached hydrogens (primary N) is 1. The van der Waals surface area contributed by atoms with Gasteiger partial charge in [-0.25, -0.2) is 9.37 Å². The van der Waals surface area contributed by atoms with Gasteiger partial charge in [-0.2, -0.15) is 0 Å². The Morgan fingerprint density at radius 1 is 1.50 bits per heavy atom. The monoisotopic (exact) mass is 341 g/mol. The Labute approximate surface area is 125 Å². The smallest absolute Gasteiger partial charge is 0.201 e. The van der Waals surface area contributed by atoms with Gasteiger partial charge in [0.1, 0.15) is 5.82 Å². The van der Waals surface area contributed by atoms with Crippen molar-refractivity contribution >= 4 is 32.9 Å². The summed E-state index contributed by atoms with van der Waals surface area (Å²) in [6, 6.07) is 3.17. The number of benzene rings is 1. The van der Waals surface area contributed by atoms with Crippen LogP contribution in [0.25, 0.3) is 11.0 Å². The molecule has 108 valence electrons. The third kappa shape index (κ3) is 2.42. The SMILES string of the molecule is COCCC1(Cn2c(N)nc3cc(F)c(Br)cc32)CC1. The molecule has 1 aromatic carbocycles. The van der Waals surface area contributed by atoms with Crippen LogP contribution in [0.15, 0.2) is 16.6 Å². The Kier molecular flexibility index (Phi) is 3.46. The molecule has 1 heterocycles. The summed E-state index contributed by atoms with van der Waals surface area (Å²) in [6.07, 6.45) is 3.38. The van der Waals surface area contributed by atoms with Crippen LogP contribution < -0.4 is 5.73 Å². The molecule has 2 aromatic rings. The molecular weight excluding hydrogens is 325 g/mol. The molecule has 0 radical (unpaired) electrons. The average Bonchev–Trinajstić information content (AvgIpc) is 3.12. The number of ether oxygens (including phenoxy) is 1. The molecule has 0 bridgehead atoms. The second-order valence-electron chi connectivity index (χ2n) is 5.55. The van der Waals surface area contributed by atoms with Crippen LogP contribution in [0, 0.1) is 11.2 Å². The molecule has 1 aliphatic carbocycles. The number of fused-ring (bicyclic) bond motifs is 1. The lowest BCUT2D eigenvalue weighted by Crippen LogP contribution is -2.15. The Balaban J connectivity index is 1.95. The number of nitrogens with zero attached hydrogens (tertiary/aromatic N) is 2. The molecule has 0 spiro atoms. The highest BCUT2D eigenvalue weighted by Gasteiger charge is 2.42. The van der Waals surface area contributed by atoms with Crippen LogP contribution in [0.2, 0.25) is 0 Å². The molecule has 0 unspecified atom stereocenters. The van der Waals surface area contributed by atoms with E-state index in [1.807, 2.05) is 4.57 Å². The first-order valence-electron chi connectivity index (χ1n) is 6.64. The van der Waals surface area contributed by atoms with E-state index in [0.717, 1.165) is 25.1 Å². The summed E-state index contributed by atoms with van der Waals surface area (Å²) in [4.78, 5) is 4.26. The van der Waals surface area contributed by atoms with Crippen LogP contribution in [-0.2, 0) is 11.3 Å². The predicted octanol–water partition coefficient (Wildman–Crippen LogP) is 3.34. The molecule has 4 nitrogen and oxygen atoms in total. The predicted molar refractivity (Wildman–Crippen MR) is 80.0 cm³/mol. The summed E-state index contributed by atoms with van der Waals surface area (Å²) in [5.41, 5.74) is 7.74. The van der Waals surface area contributed by atoms with Gasteiger partial charge in [-0.3, -0.25) is 0 Å². The summed E-state index contributed by atoms with van der Waals surface area (Å²) in [5.74, 6) is 0.129. The number of anilines is 1. The Morgan fingerprint density at radius 2 is 2.25 bits per heavy atom. The summed E-state index contributed by atoms with van der Waals surface area (Å²) in [7, 11) is 1.72. The number of methoxy groups -OCH3 is 1. The standard InChI is InChI=1S/C14H17BrFN3O/c1-20-5-4-14(2-3-14)8-19-12-6-9(15)10(16)7-11(12)18-13(19)17/h6-7H,2-5,8H2,1H3,(H2,17,18). The maximum absolute atomic E-state index is 13.6. The van der Waals surface area contributed by atoms with E-state index in [2.05, 4.69) is 20.9 Å². The van der Waals surface area contributed by atoms with Gasteiger partial charge in [0.15, 0.2) is 0 Å². The van der Waals surface area contributed by atoms with Gasteiger partial charge in [-0.1, -0.05) is 0 Å². The van der Waals surface area contributed by atoms with Gasteiger partial charge in [0.25, 0.3) is 0 Å². The molecular formula is C14H17BrFN3O. The van der Waals surface area contributed by atoms with Crippen molar-refractivity contribution in [3.63, 3.8) is 0 Å². The van der Waals surface area contributed by atoms with Crippen LogP contribution in [0.5, 0.6) is 0 Å². The van der Waals surface area contributed by atoms with E-state index in [1.54, 1.807) is 13.2 Å². The fourth-order valence-electron chi connectivity index (χ4n) is 2.62. The van der Waals surface area contributed by atoms with Crippen molar-refractivity contribution in [2.45, 2.75) is 25.8 Å². The quantitative estimate of drug-likeness (QED) is 0.907. The van der Waals surface area contributed by atoms with E-state index in [-0.39, 0.29) is 11.2 Å². The molecule has 1 aromatic heterocycles. The third-order valence-electron chi connectivity index (χ3n) is 4.11. The molecule has 1 saturated carbocycles. The van der Waals surface area contributed by atoms with Crippen LogP contribution in [0.1, 0.15) is 19.3 Å². The zero-order valence-electron chi connectivity index (χ0n) is 11.3. The molecule has 20 heavy (non-hydrogen) atoms. The number of hydrogen-bond acceptors (Lipinski definition) is 3. The van der Waals surface area contributed by atoms with E-state index < -0.39 is 0 Å². The van der Waals surface area contributed by atoms with Gasteiger partial charge in [0.05, 0.1) is 15.5 Å². The Bertz CT molecular complexity index is 651. The van der Waals surface area contributed by atoms with Crippen molar-refractivity contribution in [2.24, 2.45) is 5.41 Å². The van der Waals surface area contributed by atoms with Gasteiger partial charge < -0.3 is 15.0 Å². The molecule has 0 atom stereocenters. The first kappa shape index (κ1) is 13.8. The molecule has 2 N–H and O–H groups in total. The van der Waals surface area contributed by atoms with Crippen LogP contribution in [0.4, 0.5) is 10.3 Å². The number of imidazole rings is 1. The summed E-state index contributed by atoms with van der Waals surface area (Å²) in [6.45, 7) is 1.57. The summed E-state index contributed by atoms with van der Waals surface area (Å²) in [5, 5.41) is 0. The van der Waals surface area contributed by atoms with Gasteiger partial charge >= 0.3 is 0 Å². The highest BCUT2D eigenvalue weighted by Crippen LogP contribution is 2.51.